The number of hydrogen-bond donors (Lipinski definition) is 4. The van der Waals surface area contributed by atoms with E-state index in [1.165, 1.54) is 0 Å². The second-order valence-corrected chi connectivity index (χ2v) is 10.4. The maximum absolute atomic E-state index is 13.2. The van der Waals surface area contributed by atoms with Crippen molar-refractivity contribution in [1.29, 1.82) is 0 Å². The lowest BCUT2D eigenvalue weighted by Crippen LogP contribution is -2.57. The lowest BCUT2D eigenvalue weighted by molar-refractivity contribution is -0.132. The fourth-order valence-corrected chi connectivity index (χ4v) is 4.25. The molecule has 1 aliphatic rings. The molecule has 0 bridgehead atoms. The maximum Gasteiger partial charge on any atom is 0.251 e. The summed E-state index contributed by atoms with van der Waals surface area (Å²) in [6.45, 7) is 8.03. The highest BCUT2D eigenvalue weighted by molar-refractivity contribution is 6.30. The first-order valence-corrected chi connectivity index (χ1v) is 12.8. The highest BCUT2D eigenvalue weighted by Gasteiger charge is 2.32. The van der Waals surface area contributed by atoms with E-state index in [0.29, 0.717) is 36.3 Å². The van der Waals surface area contributed by atoms with Crippen LogP contribution in [-0.4, -0.2) is 54.6 Å². The second-order valence-electron chi connectivity index (χ2n) is 10.0. The summed E-state index contributed by atoms with van der Waals surface area (Å²) in [5.74, 6) is -2.08. The molecule has 1 aromatic carbocycles. The van der Waals surface area contributed by atoms with E-state index in [1.807, 2.05) is 13.8 Å². The third-order valence-electron chi connectivity index (χ3n) is 6.11. The Morgan fingerprint density at radius 1 is 1.06 bits per heavy atom. The molecule has 0 aliphatic carbocycles. The van der Waals surface area contributed by atoms with E-state index in [1.54, 1.807) is 38.1 Å². The largest absolute Gasteiger partial charge is 0.356 e. The third kappa shape index (κ3) is 8.93. The second kappa shape index (κ2) is 14.0. The van der Waals surface area contributed by atoms with Crippen molar-refractivity contribution in [1.82, 2.24) is 21.3 Å². The van der Waals surface area contributed by atoms with Crippen LogP contribution in [0.5, 0.6) is 0 Å². The average Bonchev–Trinajstić information content (AvgIpc) is 2.82. The lowest BCUT2D eigenvalue weighted by atomic mass is 9.91. The summed E-state index contributed by atoms with van der Waals surface area (Å²) < 4.78 is 0. The van der Waals surface area contributed by atoms with Crippen LogP contribution in [0.25, 0.3) is 0 Å². The number of benzene rings is 1. The summed E-state index contributed by atoms with van der Waals surface area (Å²) in [4.78, 5) is 62.7. The van der Waals surface area contributed by atoms with E-state index in [0.717, 1.165) is 6.42 Å². The van der Waals surface area contributed by atoms with Crippen LogP contribution < -0.4 is 21.3 Å². The predicted molar refractivity (Wildman–Crippen MR) is 137 cm³/mol. The topological polar surface area (TPSA) is 133 Å². The van der Waals surface area contributed by atoms with Crippen molar-refractivity contribution in [3.63, 3.8) is 0 Å². The van der Waals surface area contributed by atoms with Crippen LogP contribution in [0.1, 0.15) is 63.7 Å². The van der Waals surface area contributed by atoms with Gasteiger partial charge in [0.05, 0.1) is 6.04 Å². The number of rotatable bonds is 12. The van der Waals surface area contributed by atoms with Crippen molar-refractivity contribution in [2.24, 2.45) is 17.8 Å². The summed E-state index contributed by atoms with van der Waals surface area (Å²) in [7, 11) is 0. The molecule has 198 valence electrons. The normalized spacial score (nSPS) is 18.1. The number of piperidine rings is 1. The number of aldehydes is 1. The summed E-state index contributed by atoms with van der Waals surface area (Å²) in [6, 6.07) is 3.66. The number of amides is 4. The summed E-state index contributed by atoms with van der Waals surface area (Å²) in [5.41, 5.74) is 0.356. The Morgan fingerprint density at radius 3 is 2.28 bits per heavy atom. The molecule has 36 heavy (non-hydrogen) atoms. The van der Waals surface area contributed by atoms with Crippen LogP contribution in [0.3, 0.4) is 0 Å². The van der Waals surface area contributed by atoms with Crippen LogP contribution >= 0.6 is 11.6 Å². The molecular weight excluding hydrogens is 484 g/mol. The molecule has 4 amide bonds. The minimum Gasteiger partial charge on any atom is -0.356 e. The molecule has 10 heteroatoms. The van der Waals surface area contributed by atoms with Gasteiger partial charge in [-0.15, -0.1) is 0 Å². The van der Waals surface area contributed by atoms with Gasteiger partial charge in [0.15, 0.2) is 0 Å². The van der Waals surface area contributed by atoms with Gasteiger partial charge in [-0.1, -0.05) is 39.3 Å². The molecule has 2 rings (SSSR count). The monoisotopic (exact) mass is 520 g/mol. The predicted octanol–water partition coefficient (Wildman–Crippen LogP) is 2.23. The van der Waals surface area contributed by atoms with Gasteiger partial charge in [-0.2, -0.15) is 0 Å². The molecule has 1 aliphatic heterocycles. The Balaban J connectivity index is 2.08. The van der Waals surface area contributed by atoms with Gasteiger partial charge in [0.25, 0.3) is 5.91 Å². The van der Waals surface area contributed by atoms with Crippen molar-refractivity contribution in [3.05, 3.63) is 34.9 Å². The molecule has 0 saturated carbocycles. The Morgan fingerprint density at radius 2 is 1.72 bits per heavy atom. The molecule has 1 fully saturated rings. The fraction of sp³-hybridized carbons (Fsp3) is 0.577. The van der Waals surface area contributed by atoms with Crippen LogP contribution in [0.2, 0.25) is 5.02 Å². The summed E-state index contributed by atoms with van der Waals surface area (Å²) in [6.07, 6.45) is 2.64. The minimum absolute atomic E-state index is 0.0704. The molecule has 4 atom stereocenters. The molecule has 9 nitrogen and oxygen atoms in total. The Kier molecular flexibility index (Phi) is 11.4. The van der Waals surface area contributed by atoms with Crippen LogP contribution in [0.15, 0.2) is 24.3 Å². The van der Waals surface area contributed by atoms with Crippen molar-refractivity contribution >= 4 is 41.5 Å². The van der Waals surface area contributed by atoms with Crippen molar-refractivity contribution in [3.8, 4) is 0 Å². The van der Waals surface area contributed by atoms with E-state index >= 15 is 0 Å². The van der Waals surface area contributed by atoms with E-state index in [2.05, 4.69) is 21.3 Å². The smallest absolute Gasteiger partial charge is 0.251 e. The van der Waals surface area contributed by atoms with E-state index in [4.69, 9.17) is 11.6 Å². The van der Waals surface area contributed by atoms with Gasteiger partial charge in [0, 0.05) is 23.0 Å². The van der Waals surface area contributed by atoms with Crippen molar-refractivity contribution < 1.29 is 24.0 Å². The lowest BCUT2D eigenvalue weighted by Gasteiger charge is -2.28. The highest BCUT2D eigenvalue weighted by atomic mass is 35.5. The van der Waals surface area contributed by atoms with Gasteiger partial charge < -0.3 is 26.1 Å². The first-order valence-electron chi connectivity index (χ1n) is 12.4. The Bertz CT molecular complexity index is 935. The van der Waals surface area contributed by atoms with Gasteiger partial charge >= 0.3 is 0 Å². The fourth-order valence-electron chi connectivity index (χ4n) is 4.12. The van der Waals surface area contributed by atoms with E-state index < -0.39 is 35.8 Å². The molecule has 0 unspecified atom stereocenters. The minimum atomic E-state index is -0.909. The van der Waals surface area contributed by atoms with E-state index in [-0.39, 0.29) is 30.1 Å². The average molecular weight is 521 g/mol. The van der Waals surface area contributed by atoms with Gasteiger partial charge in [0.2, 0.25) is 17.7 Å². The standard InChI is InChI=1S/C26H37ClN4O5/c1-15(2)12-21(25(35)29-20(14-32)13-18-6-5-11-28-23(18)33)30-26(36)22(16(3)4)31-24(34)17-7-9-19(27)10-8-17/h7-10,14-16,18,20-22H,5-6,11-13H2,1-4H3,(H,28,33)(H,29,35)(H,30,36)(H,31,34)/t18-,20-,21-,22-/m0/s1. The van der Waals surface area contributed by atoms with Gasteiger partial charge in [-0.05, 0) is 61.8 Å². The summed E-state index contributed by atoms with van der Waals surface area (Å²) >= 11 is 5.88. The molecule has 1 aromatic rings. The molecule has 4 N–H and O–H groups in total. The number of carbonyl (C=O) groups excluding carboxylic acids is 5. The zero-order valence-corrected chi connectivity index (χ0v) is 22.1. The molecule has 1 saturated heterocycles. The number of hydrogen-bond acceptors (Lipinski definition) is 5. The first-order chi connectivity index (χ1) is 17.0. The molecule has 0 aromatic heterocycles. The summed E-state index contributed by atoms with van der Waals surface area (Å²) in [5, 5.41) is 11.4. The van der Waals surface area contributed by atoms with E-state index in [9.17, 15) is 24.0 Å². The third-order valence-corrected chi connectivity index (χ3v) is 6.36. The SMILES string of the molecule is CC(C)C[C@H](NC(=O)[C@@H](NC(=O)c1ccc(Cl)cc1)C(C)C)C(=O)N[C@H](C=O)C[C@@H]1CCCNC1=O. The molecule has 1 heterocycles. The van der Waals surface area contributed by atoms with Gasteiger partial charge in [-0.3, -0.25) is 19.2 Å². The number of nitrogens with one attached hydrogen (secondary N) is 4. The molecular formula is C26H37ClN4O5. The van der Waals surface area contributed by atoms with Crippen molar-refractivity contribution in [2.45, 2.75) is 71.5 Å². The maximum atomic E-state index is 13.2. The molecule has 0 spiro atoms. The highest BCUT2D eigenvalue weighted by Crippen LogP contribution is 2.17. The first kappa shape index (κ1) is 29.3. The van der Waals surface area contributed by atoms with Gasteiger partial charge in [-0.25, -0.2) is 0 Å². The number of halogens is 1. The van der Waals surface area contributed by atoms with Gasteiger partial charge in [0.1, 0.15) is 18.4 Å². The zero-order valence-electron chi connectivity index (χ0n) is 21.3. The number of carbonyl (C=O) groups is 5. The molecule has 0 radical (unpaired) electrons. The van der Waals surface area contributed by atoms with Crippen LogP contribution in [-0.2, 0) is 19.2 Å². The zero-order chi connectivity index (χ0) is 26.8. The quantitative estimate of drug-likeness (QED) is 0.314. The van der Waals surface area contributed by atoms with Crippen molar-refractivity contribution in [2.75, 3.05) is 6.54 Å². The van der Waals surface area contributed by atoms with Crippen LogP contribution in [0, 0.1) is 17.8 Å². The Hall–Kier alpha value is -2.94. The Labute approximate surface area is 217 Å². The van der Waals surface area contributed by atoms with Crippen LogP contribution in [0.4, 0.5) is 0 Å².